The molecule has 156 valence electrons. The molecule has 0 unspecified atom stereocenters. The third kappa shape index (κ3) is 4.23. The number of ether oxygens (including phenoxy) is 1. The highest BCUT2D eigenvalue weighted by Crippen LogP contribution is 2.34. The maximum absolute atomic E-state index is 12.6. The second kappa shape index (κ2) is 8.91. The summed E-state index contributed by atoms with van der Waals surface area (Å²) < 4.78 is 7.12. The molecule has 1 N–H and O–H groups in total. The van der Waals surface area contributed by atoms with Gasteiger partial charge >= 0.3 is 0 Å². The molecule has 2 aromatic heterocycles. The Labute approximate surface area is 185 Å². The Kier molecular flexibility index (Phi) is 6.29. The molecule has 0 spiro atoms. The monoisotopic (exact) mass is 430 g/mol. The average molecular weight is 431 g/mol. The number of aromatic nitrogens is 1. The van der Waals surface area contributed by atoms with Gasteiger partial charge in [-0.25, -0.2) is 0 Å². The van der Waals surface area contributed by atoms with Gasteiger partial charge in [0, 0.05) is 22.0 Å². The van der Waals surface area contributed by atoms with Crippen LogP contribution in [-0.2, 0) is 4.79 Å². The lowest BCUT2D eigenvalue weighted by Gasteiger charge is -2.08. The first-order valence-corrected chi connectivity index (χ1v) is 10.4. The second-order valence-electron chi connectivity index (χ2n) is 7.09. The van der Waals surface area contributed by atoms with E-state index in [9.17, 15) is 15.3 Å². The highest BCUT2D eigenvalue weighted by atomic mass is 32.1. The number of nitrogens with one attached hydrogen (secondary N) is 1. The predicted molar refractivity (Wildman–Crippen MR) is 123 cm³/mol. The number of anilines is 1. The van der Waals surface area contributed by atoms with E-state index < -0.39 is 5.91 Å². The maximum atomic E-state index is 12.6. The Morgan fingerprint density at radius 2 is 1.84 bits per heavy atom. The lowest BCUT2D eigenvalue weighted by molar-refractivity contribution is -0.112. The molecule has 0 radical (unpaired) electrons. The van der Waals surface area contributed by atoms with E-state index in [2.05, 4.69) is 11.4 Å². The number of thiophene rings is 1. The van der Waals surface area contributed by atoms with E-state index in [-0.39, 0.29) is 5.57 Å². The van der Waals surface area contributed by atoms with Crippen LogP contribution in [0.1, 0.15) is 33.0 Å². The Balaban J connectivity index is 1.96. The summed E-state index contributed by atoms with van der Waals surface area (Å²) in [5.74, 6) is 0.190. The van der Waals surface area contributed by atoms with Crippen molar-refractivity contribution in [3.8, 4) is 22.9 Å². The highest BCUT2D eigenvalue weighted by molar-refractivity contribution is 7.14. The number of benzene rings is 1. The summed E-state index contributed by atoms with van der Waals surface area (Å²) in [7, 11) is 1.57. The number of nitrogens with zero attached hydrogens (tertiary/aromatic N) is 3. The van der Waals surface area contributed by atoms with E-state index in [1.54, 1.807) is 48.8 Å². The SMILES string of the molecule is COc1ccc(NC(=O)/C(C#N)=C\c2cc(C)n(-c3sc(C)c(C)c3C#N)c2C)cc1. The van der Waals surface area contributed by atoms with Crippen LogP contribution < -0.4 is 10.1 Å². The van der Waals surface area contributed by atoms with E-state index in [1.807, 2.05) is 44.4 Å². The predicted octanol–water partition coefficient (Wildman–Crippen LogP) is 5.20. The first-order chi connectivity index (χ1) is 14.8. The fourth-order valence-electron chi connectivity index (χ4n) is 3.32. The Bertz CT molecular complexity index is 1260. The first kappa shape index (κ1) is 21.9. The minimum absolute atomic E-state index is 0.00452. The molecule has 1 amide bonds. The van der Waals surface area contributed by atoms with Gasteiger partial charge in [-0.1, -0.05) is 0 Å². The zero-order chi connectivity index (χ0) is 22.7. The quantitative estimate of drug-likeness (QED) is 0.445. The molecule has 3 rings (SSSR count). The van der Waals surface area contributed by atoms with Crippen molar-refractivity contribution in [3.63, 3.8) is 0 Å². The van der Waals surface area contributed by atoms with Crippen LogP contribution in [0.2, 0.25) is 0 Å². The normalized spacial score (nSPS) is 11.0. The zero-order valence-electron chi connectivity index (χ0n) is 18.0. The first-order valence-electron chi connectivity index (χ1n) is 9.57. The molecule has 0 atom stereocenters. The van der Waals surface area contributed by atoms with Crippen molar-refractivity contribution >= 4 is 29.0 Å². The van der Waals surface area contributed by atoms with Gasteiger partial charge in [0.2, 0.25) is 0 Å². The summed E-state index contributed by atoms with van der Waals surface area (Å²) in [5, 5.41) is 22.8. The topological polar surface area (TPSA) is 90.8 Å². The lowest BCUT2D eigenvalue weighted by Crippen LogP contribution is -2.13. The van der Waals surface area contributed by atoms with Crippen molar-refractivity contribution in [1.29, 1.82) is 10.5 Å². The molecule has 0 saturated heterocycles. The van der Waals surface area contributed by atoms with Gasteiger partial charge in [-0.2, -0.15) is 10.5 Å². The van der Waals surface area contributed by atoms with Crippen LogP contribution in [0.4, 0.5) is 5.69 Å². The number of aryl methyl sites for hydroxylation is 2. The molecule has 3 aromatic rings. The Morgan fingerprint density at radius 1 is 1.16 bits per heavy atom. The van der Waals surface area contributed by atoms with Crippen LogP contribution in [0.5, 0.6) is 5.75 Å². The number of nitriles is 2. The third-order valence-corrected chi connectivity index (χ3v) is 6.36. The van der Waals surface area contributed by atoms with Gasteiger partial charge in [0.15, 0.2) is 0 Å². The van der Waals surface area contributed by atoms with Crippen LogP contribution in [0.25, 0.3) is 11.1 Å². The van der Waals surface area contributed by atoms with E-state index in [1.165, 1.54) is 0 Å². The minimum Gasteiger partial charge on any atom is -0.497 e. The van der Waals surface area contributed by atoms with E-state index in [4.69, 9.17) is 4.74 Å². The minimum atomic E-state index is -0.488. The molecule has 0 bridgehead atoms. The van der Waals surface area contributed by atoms with Crippen molar-refractivity contribution in [1.82, 2.24) is 4.57 Å². The van der Waals surface area contributed by atoms with Gasteiger partial charge in [-0.3, -0.25) is 4.79 Å². The molecule has 6 nitrogen and oxygen atoms in total. The second-order valence-corrected chi connectivity index (χ2v) is 8.29. The summed E-state index contributed by atoms with van der Waals surface area (Å²) in [6.07, 6.45) is 1.58. The maximum Gasteiger partial charge on any atom is 0.266 e. The fraction of sp³-hybridized carbons (Fsp3) is 0.208. The number of hydrogen-bond donors (Lipinski definition) is 1. The molecule has 1 aromatic carbocycles. The number of amides is 1. The third-order valence-electron chi connectivity index (χ3n) is 5.16. The van der Waals surface area contributed by atoms with Crippen LogP contribution in [0, 0.1) is 50.4 Å². The molecular formula is C24H22N4O2S. The van der Waals surface area contributed by atoms with E-state index in [0.717, 1.165) is 32.4 Å². The highest BCUT2D eigenvalue weighted by Gasteiger charge is 2.19. The number of methoxy groups -OCH3 is 1. The van der Waals surface area contributed by atoms with Crippen LogP contribution in [-0.4, -0.2) is 17.6 Å². The van der Waals surface area contributed by atoms with E-state index >= 15 is 0 Å². The Hall–Kier alpha value is -3.81. The van der Waals surface area contributed by atoms with Crippen LogP contribution >= 0.6 is 11.3 Å². The summed E-state index contributed by atoms with van der Waals surface area (Å²) in [4.78, 5) is 13.7. The molecular weight excluding hydrogens is 408 g/mol. The van der Waals surface area contributed by atoms with Crippen LogP contribution in [0.15, 0.2) is 35.9 Å². The summed E-state index contributed by atoms with van der Waals surface area (Å²) >= 11 is 1.56. The van der Waals surface area contributed by atoms with Gasteiger partial charge in [0.05, 0.1) is 12.7 Å². The summed E-state index contributed by atoms with van der Waals surface area (Å²) in [5.41, 5.74) is 4.73. The average Bonchev–Trinajstić information content (AvgIpc) is 3.20. The number of rotatable bonds is 5. The molecule has 7 heteroatoms. The largest absolute Gasteiger partial charge is 0.497 e. The molecule has 31 heavy (non-hydrogen) atoms. The summed E-state index contributed by atoms with van der Waals surface area (Å²) in [6, 6.07) is 13.1. The molecule has 0 aliphatic carbocycles. The number of carbonyl (C=O) groups excluding carboxylic acids is 1. The molecule has 0 aliphatic heterocycles. The van der Waals surface area contributed by atoms with Gasteiger partial charge in [0.1, 0.15) is 28.5 Å². The molecule has 0 fully saturated rings. The van der Waals surface area contributed by atoms with E-state index in [0.29, 0.717) is 17.0 Å². The molecule has 0 aliphatic rings. The standard InChI is InChI=1S/C24H22N4O2S/c1-14-10-18(16(3)28(14)24-22(13-26)15(2)17(4)31-24)11-19(12-25)23(29)27-20-6-8-21(30-5)9-7-20/h6-11H,1-5H3,(H,27,29)/b19-11-. The van der Waals surface area contributed by atoms with Crippen molar-refractivity contribution in [2.24, 2.45) is 0 Å². The van der Waals surface area contributed by atoms with Crippen molar-refractivity contribution in [3.05, 3.63) is 68.9 Å². The van der Waals surface area contributed by atoms with Crippen molar-refractivity contribution in [2.45, 2.75) is 27.7 Å². The Morgan fingerprint density at radius 3 is 2.42 bits per heavy atom. The smallest absolute Gasteiger partial charge is 0.266 e. The van der Waals surface area contributed by atoms with Gasteiger partial charge in [-0.05, 0) is 75.2 Å². The zero-order valence-corrected chi connectivity index (χ0v) is 18.8. The van der Waals surface area contributed by atoms with Crippen molar-refractivity contribution < 1.29 is 9.53 Å². The van der Waals surface area contributed by atoms with Crippen molar-refractivity contribution in [2.75, 3.05) is 12.4 Å². The van der Waals surface area contributed by atoms with Gasteiger partial charge in [0.25, 0.3) is 5.91 Å². The van der Waals surface area contributed by atoms with Gasteiger partial charge < -0.3 is 14.6 Å². The number of carbonyl (C=O) groups is 1. The fourth-order valence-corrected chi connectivity index (χ4v) is 4.54. The van der Waals surface area contributed by atoms with Crippen LogP contribution in [0.3, 0.4) is 0 Å². The van der Waals surface area contributed by atoms with Gasteiger partial charge in [-0.15, -0.1) is 11.3 Å². The summed E-state index contributed by atoms with van der Waals surface area (Å²) in [6.45, 7) is 7.80. The molecule has 2 heterocycles. The number of hydrogen-bond acceptors (Lipinski definition) is 5. The molecule has 0 saturated carbocycles. The lowest BCUT2D eigenvalue weighted by atomic mass is 10.1.